The van der Waals surface area contributed by atoms with Gasteiger partial charge in [-0.05, 0) is 37.7 Å². The SMILES string of the molecule is CC1CCCN(C(=O)C(N)=O)C1.c1ccc2nn(C3CC3)cc2c1. The van der Waals surface area contributed by atoms with Crippen molar-refractivity contribution < 1.29 is 9.59 Å². The van der Waals surface area contributed by atoms with E-state index in [0.29, 0.717) is 25.0 Å². The van der Waals surface area contributed by atoms with Gasteiger partial charge >= 0.3 is 11.8 Å². The van der Waals surface area contributed by atoms with Crippen LogP contribution >= 0.6 is 0 Å². The molecule has 1 aliphatic carbocycles. The van der Waals surface area contributed by atoms with Crippen molar-refractivity contribution >= 4 is 22.7 Å². The van der Waals surface area contributed by atoms with Crippen LogP contribution in [0.1, 0.15) is 38.6 Å². The summed E-state index contributed by atoms with van der Waals surface area (Å²) in [4.78, 5) is 23.2. The Morgan fingerprint density at radius 2 is 1.96 bits per heavy atom. The van der Waals surface area contributed by atoms with E-state index in [-0.39, 0.29) is 0 Å². The second-order valence-corrected chi connectivity index (χ2v) is 6.76. The van der Waals surface area contributed by atoms with Gasteiger partial charge in [-0.2, -0.15) is 5.10 Å². The molecule has 2 N–H and O–H groups in total. The highest BCUT2D eigenvalue weighted by Crippen LogP contribution is 2.34. The molecule has 6 nitrogen and oxygen atoms in total. The number of hydrogen-bond acceptors (Lipinski definition) is 3. The molecule has 6 heteroatoms. The maximum atomic E-state index is 11.1. The first-order chi connectivity index (χ1) is 11.5. The van der Waals surface area contributed by atoms with Gasteiger partial charge in [0, 0.05) is 24.7 Å². The summed E-state index contributed by atoms with van der Waals surface area (Å²) in [6.07, 6.45) is 6.84. The van der Waals surface area contributed by atoms with E-state index in [1.165, 1.54) is 23.1 Å². The lowest BCUT2D eigenvalue weighted by molar-refractivity contribution is -0.145. The number of piperidine rings is 1. The van der Waals surface area contributed by atoms with Crippen LogP contribution in [0.25, 0.3) is 10.9 Å². The third-order valence-electron chi connectivity index (χ3n) is 4.51. The fourth-order valence-corrected chi connectivity index (χ4v) is 3.04. The van der Waals surface area contributed by atoms with E-state index >= 15 is 0 Å². The largest absolute Gasteiger partial charge is 0.361 e. The summed E-state index contributed by atoms with van der Waals surface area (Å²) < 4.78 is 2.10. The van der Waals surface area contributed by atoms with Crippen LogP contribution in [0.15, 0.2) is 30.5 Å². The Morgan fingerprint density at radius 1 is 1.21 bits per heavy atom. The molecular weight excluding hydrogens is 304 g/mol. The summed E-state index contributed by atoms with van der Waals surface area (Å²) in [6, 6.07) is 8.96. The van der Waals surface area contributed by atoms with Crippen molar-refractivity contribution in [2.75, 3.05) is 13.1 Å². The first-order valence-electron chi connectivity index (χ1n) is 8.57. The van der Waals surface area contributed by atoms with E-state index < -0.39 is 11.8 Å². The van der Waals surface area contributed by atoms with Crippen molar-refractivity contribution in [3.05, 3.63) is 30.5 Å². The number of hydrogen-bond donors (Lipinski definition) is 1. The molecule has 2 heterocycles. The van der Waals surface area contributed by atoms with Gasteiger partial charge in [0.15, 0.2) is 0 Å². The van der Waals surface area contributed by atoms with Gasteiger partial charge in [-0.1, -0.05) is 25.1 Å². The number of nitrogens with two attached hydrogens (primary N) is 1. The summed E-state index contributed by atoms with van der Waals surface area (Å²) in [7, 11) is 0. The van der Waals surface area contributed by atoms with Crippen LogP contribution < -0.4 is 5.73 Å². The maximum absolute atomic E-state index is 11.1. The number of amides is 2. The number of carbonyl (C=O) groups is 2. The van der Waals surface area contributed by atoms with Crippen LogP contribution in [0.5, 0.6) is 0 Å². The summed E-state index contributed by atoms with van der Waals surface area (Å²) in [5.41, 5.74) is 6.00. The fourth-order valence-electron chi connectivity index (χ4n) is 3.04. The molecule has 2 aliphatic rings. The van der Waals surface area contributed by atoms with Gasteiger partial charge in [0.1, 0.15) is 0 Å². The number of fused-ring (bicyclic) bond motifs is 1. The van der Waals surface area contributed by atoms with Gasteiger partial charge < -0.3 is 10.6 Å². The molecule has 1 saturated carbocycles. The van der Waals surface area contributed by atoms with Crippen LogP contribution in [-0.4, -0.2) is 39.6 Å². The van der Waals surface area contributed by atoms with Crippen LogP contribution in [-0.2, 0) is 9.59 Å². The Labute approximate surface area is 141 Å². The second-order valence-electron chi connectivity index (χ2n) is 6.76. The average molecular weight is 328 g/mol. The Balaban J connectivity index is 0.000000141. The topological polar surface area (TPSA) is 81.2 Å². The monoisotopic (exact) mass is 328 g/mol. The highest BCUT2D eigenvalue weighted by Gasteiger charge is 2.24. The molecule has 128 valence electrons. The third-order valence-corrected chi connectivity index (χ3v) is 4.51. The highest BCUT2D eigenvalue weighted by atomic mass is 16.2. The molecule has 1 saturated heterocycles. The van der Waals surface area contributed by atoms with E-state index in [0.717, 1.165) is 18.4 Å². The quantitative estimate of drug-likeness (QED) is 0.814. The van der Waals surface area contributed by atoms with Crippen molar-refractivity contribution in [3.63, 3.8) is 0 Å². The Bertz CT molecular complexity index is 702. The van der Waals surface area contributed by atoms with Crippen molar-refractivity contribution in [1.82, 2.24) is 14.7 Å². The van der Waals surface area contributed by atoms with E-state index in [2.05, 4.69) is 41.1 Å². The predicted molar refractivity (Wildman–Crippen MR) is 92.2 cm³/mol. The molecule has 1 aromatic heterocycles. The molecule has 0 radical (unpaired) electrons. The fraction of sp³-hybridized carbons (Fsp3) is 0.500. The zero-order valence-electron chi connectivity index (χ0n) is 14.0. The van der Waals surface area contributed by atoms with Gasteiger partial charge in [0.2, 0.25) is 0 Å². The number of rotatable bonds is 1. The maximum Gasteiger partial charge on any atom is 0.311 e. The van der Waals surface area contributed by atoms with E-state index in [1.807, 2.05) is 6.07 Å². The Morgan fingerprint density at radius 3 is 2.58 bits per heavy atom. The number of primary amides is 1. The van der Waals surface area contributed by atoms with Crippen LogP contribution in [0.4, 0.5) is 0 Å². The molecule has 24 heavy (non-hydrogen) atoms. The molecule has 2 fully saturated rings. The molecule has 1 aliphatic heterocycles. The Hall–Kier alpha value is -2.37. The van der Waals surface area contributed by atoms with Gasteiger partial charge in [-0.15, -0.1) is 0 Å². The van der Waals surface area contributed by atoms with Crippen molar-refractivity contribution in [1.29, 1.82) is 0 Å². The molecule has 1 atom stereocenters. The predicted octanol–water partition coefficient (Wildman–Crippen LogP) is 2.10. The first kappa shape index (κ1) is 16.5. The second kappa shape index (κ2) is 7.03. The smallest absolute Gasteiger partial charge is 0.311 e. The summed E-state index contributed by atoms with van der Waals surface area (Å²) in [6.45, 7) is 3.41. The first-order valence-corrected chi connectivity index (χ1v) is 8.57. The minimum absolute atomic E-state index is 0.488. The molecular formula is C18H24N4O2. The minimum atomic E-state index is -0.843. The summed E-state index contributed by atoms with van der Waals surface area (Å²) in [5, 5.41) is 5.75. The molecule has 0 bridgehead atoms. The van der Waals surface area contributed by atoms with Gasteiger partial charge in [-0.25, -0.2) is 0 Å². The van der Waals surface area contributed by atoms with Gasteiger partial charge in [0.25, 0.3) is 0 Å². The van der Waals surface area contributed by atoms with Crippen LogP contribution in [0, 0.1) is 5.92 Å². The minimum Gasteiger partial charge on any atom is -0.361 e. The number of carbonyl (C=O) groups excluding carboxylic acids is 2. The molecule has 1 aromatic carbocycles. The zero-order valence-corrected chi connectivity index (χ0v) is 14.0. The average Bonchev–Trinajstić information content (AvgIpc) is 3.33. The molecule has 2 amide bonds. The summed E-state index contributed by atoms with van der Waals surface area (Å²) in [5.74, 6) is -0.896. The third kappa shape index (κ3) is 3.93. The van der Waals surface area contributed by atoms with Crippen molar-refractivity contribution in [3.8, 4) is 0 Å². The van der Waals surface area contributed by atoms with Gasteiger partial charge in [-0.3, -0.25) is 14.3 Å². The highest BCUT2D eigenvalue weighted by molar-refractivity contribution is 6.34. The lowest BCUT2D eigenvalue weighted by Crippen LogP contribution is -2.45. The summed E-state index contributed by atoms with van der Waals surface area (Å²) >= 11 is 0. The van der Waals surface area contributed by atoms with Crippen LogP contribution in [0.2, 0.25) is 0 Å². The van der Waals surface area contributed by atoms with E-state index in [9.17, 15) is 9.59 Å². The number of benzene rings is 1. The Kier molecular flexibility index (Phi) is 4.83. The van der Waals surface area contributed by atoms with Crippen molar-refractivity contribution in [2.24, 2.45) is 11.7 Å². The van der Waals surface area contributed by atoms with E-state index in [1.54, 1.807) is 0 Å². The van der Waals surface area contributed by atoms with Crippen molar-refractivity contribution in [2.45, 2.75) is 38.6 Å². The lowest BCUT2D eigenvalue weighted by Gasteiger charge is -2.29. The molecule has 4 rings (SSSR count). The van der Waals surface area contributed by atoms with E-state index in [4.69, 9.17) is 5.73 Å². The molecule has 0 spiro atoms. The normalized spacial score (nSPS) is 20.4. The number of likely N-dealkylation sites (tertiary alicyclic amines) is 1. The number of aromatic nitrogens is 2. The van der Waals surface area contributed by atoms with Gasteiger partial charge in [0.05, 0.1) is 11.6 Å². The molecule has 2 aromatic rings. The molecule has 1 unspecified atom stereocenters. The zero-order chi connectivity index (χ0) is 17.1. The standard InChI is InChI=1S/C10H10N2.C8H14N2O2/c1-2-4-10-8(3-1)7-12(11-10)9-5-6-9;1-6-3-2-4-10(5-6)8(12)7(9)11/h1-4,7,9H,5-6H2;6H,2-5H2,1H3,(H2,9,11). The number of nitrogens with zero attached hydrogens (tertiary/aromatic N) is 3. The lowest BCUT2D eigenvalue weighted by atomic mass is 10.0. The van der Waals surface area contributed by atoms with Crippen LogP contribution in [0.3, 0.4) is 0 Å².